The van der Waals surface area contributed by atoms with Gasteiger partial charge >= 0.3 is 0 Å². The second kappa shape index (κ2) is 10.4. The molecule has 7 heteroatoms. The van der Waals surface area contributed by atoms with Crippen molar-refractivity contribution >= 4 is 61.1 Å². The number of ether oxygens (including phenoxy) is 1. The third-order valence-electron chi connectivity index (χ3n) is 4.05. The number of amides is 1. The van der Waals surface area contributed by atoms with Crippen LogP contribution >= 0.6 is 43.5 Å². The van der Waals surface area contributed by atoms with Gasteiger partial charge in [-0.1, -0.05) is 70.0 Å². The minimum Gasteiger partial charge on any atom is -0.487 e. The summed E-state index contributed by atoms with van der Waals surface area (Å²) in [7, 11) is 0. The number of nitrogens with zero attached hydrogens (tertiary/aromatic N) is 1. The van der Waals surface area contributed by atoms with Crippen LogP contribution in [0.15, 0.2) is 81.2 Å². The molecule has 0 aliphatic heterocycles. The molecule has 0 saturated carbocycles. The van der Waals surface area contributed by atoms with Gasteiger partial charge in [-0.05, 0) is 51.8 Å². The lowest BCUT2D eigenvalue weighted by atomic mass is 10.1. The molecule has 4 nitrogen and oxygen atoms in total. The SMILES string of the molecule is N#C/C(=C\c1cc(Br)cc(Br)c1OCc1ccccc1)C(=O)Nc1ccccc1Cl. The Balaban J connectivity index is 1.90. The lowest BCUT2D eigenvalue weighted by molar-refractivity contribution is -0.112. The van der Waals surface area contributed by atoms with E-state index in [2.05, 4.69) is 37.2 Å². The van der Waals surface area contributed by atoms with E-state index in [0.29, 0.717) is 33.1 Å². The molecule has 1 amide bonds. The zero-order chi connectivity index (χ0) is 21.5. The van der Waals surface area contributed by atoms with Crippen molar-refractivity contribution in [1.29, 1.82) is 5.26 Å². The topological polar surface area (TPSA) is 62.1 Å². The summed E-state index contributed by atoms with van der Waals surface area (Å²) in [5.41, 5.74) is 1.93. The van der Waals surface area contributed by atoms with Crippen LogP contribution in [0.2, 0.25) is 5.02 Å². The van der Waals surface area contributed by atoms with Crippen LogP contribution in [0.3, 0.4) is 0 Å². The number of anilines is 1. The highest BCUT2D eigenvalue weighted by molar-refractivity contribution is 9.11. The number of hydrogen-bond donors (Lipinski definition) is 1. The van der Waals surface area contributed by atoms with Crippen LogP contribution in [0.25, 0.3) is 6.08 Å². The fraction of sp³-hybridized carbons (Fsp3) is 0.0435. The summed E-state index contributed by atoms with van der Waals surface area (Å²) in [4.78, 5) is 12.6. The van der Waals surface area contributed by atoms with E-state index in [4.69, 9.17) is 16.3 Å². The molecule has 0 saturated heterocycles. The number of halogens is 3. The van der Waals surface area contributed by atoms with Crippen molar-refractivity contribution in [3.8, 4) is 11.8 Å². The maximum absolute atomic E-state index is 12.6. The van der Waals surface area contributed by atoms with Gasteiger partial charge in [-0.25, -0.2) is 0 Å². The molecular weight excluding hydrogens is 532 g/mol. The third-order valence-corrected chi connectivity index (χ3v) is 5.43. The summed E-state index contributed by atoms with van der Waals surface area (Å²) in [6.07, 6.45) is 1.49. The zero-order valence-electron chi connectivity index (χ0n) is 15.5. The van der Waals surface area contributed by atoms with Crippen LogP contribution in [0.5, 0.6) is 5.75 Å². The van der Waals surface area contributed by atoms with E-state index in [0.717, 1.165) is 10.0 Å². The number of para-hydroxylation sites is 1. The Morgan fingerprint density at radius 2 is 1.80 bits per heavy atom. The number of carbonyl (C=O) groups is 1. The molecular formula is C23H15Br2ClN2O2. The molecule has 0 aliphatic carbocycles. The van der Waals surface area contributed by atoms with Gasteiger partial charge in [0.05, 0.1) is 15.2 Å². The van der Waals surface area contributed by atoms with Crippen molar-refractivity contribution in [3.63, 3.8) is 0 Å². The minimum atomic E-state index is -0.560. The predicted molar refractivity (Wildman–Crippen MR) is 126 cm³/mol. The van der Waals surface area contributed by atoms with Crippen LogP contribution in [0, 0.1) is 11.3 Å². The van der Waals surface area contributed by atoms with Gasteiger partial charge in [0, 0.05) is 10.0 Å². The Labute approximate surface area is 196 Å². The molecule has 0 aromatic heterocycles. The van der Waals surface area contributed by atoms with E-state index >= 15 is 0 Å². The van der Waals surface area contributed by atoms with E-state index in [9.17, 15) is 10.1 Å². The van der Waals surface area contributed by atoms with Gasteiger partial charge in [0.15, 0.2) is 0 Å². The lowest BCUT2D eigenvalue weighted by Crippen LogP contribution is -2.13. The van der Waals surface area contributed by atoms with Crippen LogP contribution in [-0.4, -0.2) is 5.91 Å². The summed E-state index contributed by atoms with van der Waals surface area (Å²) in [5.74, 6) is -0.0314. The smallest absolute Gasteiger partial charge is 0.266 e. The average molecular weight is 547 g/mol. The molecule has 0 heterocycles. The first kappa shape index (κ1) is 22.1. The molecule has 0 bridgehead atoms. The zero-order valence-corrected chi connectivity index (χ0v) is 19.5. The summed E-state index contributed by atoms with van der Waals surface area (Å²) >= 11 is 13.0. The van der Waals surface area contributed by atoms with Gasteiger partial charge in [0.1, 0.15) is 24.0 Å². The number of rotatable bonds is 6. The Bertz CT molecular complexity index is 1140. The summed E-state index contributed by atoms with van der Waals surface area (Å²) in [6.45, 7) is 0.343. The van der Waals surface area contributed by atoms with Gasteiger partial charge in [0.25, 0.3) is 5.91 Å². The van der Waals surface area contributed by atoms with Gasteiger partial charge in [-0.3, -0.25) is 4.79 Å². The molecule has 0 unspecified atom stereocenters. The second-order valence-corrected chi connectivity index (χ2v) is 8.36. The van der Waals surface area contributed by atoms with Gasteiger partial charge in [0.2, 0.25) is 0 Å². The normalized spacial score (nSPS) is 10.9. The molecule has 0 aliphatic rings. The van der Waals surface area contributed by atoms with Crippen molar-refractivity contribution in [3.05, 3.63) is 97.4 Å². The lowest BCUT2D eigenvalue weighted by Gasteiger charge is -2.13. The average Bonchev–Trinajstić information content (AvgIpc) is 2.73. The molecule has 0 spiro atoms. The fourth-order valence-electron chi connectivity index (χ4n) is 2.63. The minimum absolute atomic E-state index is 0.0792. The summed E-state index contributed by atoms with van der Waals surface area (Å²) in [6, 6.07) is 22.1. The number of nitrogens with one attached hydrogen (secondary N) is 1. The Morgan fingerprint density at radius 3 is 2.50 bits per heavy atom. The number of carbonyl (C=O) groups excluding carboxylic acids is 1. The number of hydrogen-bond acceptors (Lipinski definition) is 3. The Morgan fingerprint density at radius 1 is 1.10 bits per heavy atom. The second-order valence-electron chi connectivity index (χ2n) is 6.18. The first-order chi connectivity index (χ1) is 14.5. The molecule has 3 aromatic rings. The summed E-state index contributed by atoms with van der Waals surface area (Å²) in [5, 5.41) is 12.6. The largest absolute Gasteiger partial charge is 0.487 e. The maximum Gasteiger partial charge on any atom is 0.266 e. The Hall–Kier alpha value is -2.59. The molecule has 1 N–H and O–H groups in total. The van der Waals surface area contributed by atoms with Crippen molar-refractivity contribution < 1.29 is 9.53 Å². The number of nitriles is 1. The van der Waals surface area contributed by atoms with E-state index in [1.54, 1.807) is 30.3 Å². The molecule has 3 aromatic carbocycles. The monoisotopic (exact) mass is 544 g/mol. The number of benzene rings is 3. The highest BCUT2D eigenvalue weighted by Gasteiger charge is 2.15. The molecule has 0 fully saturated rings. The van der Waals surface area contributed by atoms with Crippen LogP contribution in [0.4, 0.5) is 5.69 Å². The fourth-order valence-corrected chi connectivity index (χ4v) is 4.18. The van der Waals surface area contributed by atoms with Crippen LogP contribution in [-0.2, 0) is 11.4 Å². The van der Waals surface area contributed by atoms with E-state index in [1.165, 1.54) is 6.08 Å². The van der Waals surface area contributed by atoms with Gasteiger partial charge in [-0.2, -0.15) is 5.26 Å². The standard InChI is InChI=1S/C23H15Br2ClN2O2/c24-18-11-16(22(19(25)12-18)30-14-15-6-2-1-3-7-15)10-17(13-27)23(29)28-21-9-5-4-8-20(21)26/h1-12H,14H2,(H,28,29)/b17-10+. The molecule has 3 rings (SSSR count). The van der Waals surface area contributed by atoms with Crippen molar-refractivity contribution in [2.24, 2.45) is 0 Å². The van der Waals surface area contributed by atoms with Crippen LogP contribution in [0.1, 0.15) is 11.1 Å². The van der Waals surface area contributed by atoms with Crippen LogP contribution < -0.4 is 10.1 Å². The van der Waals surface area contributed by atoms with Crippen molar-refractivity contribution in [1.82, 2.24) is 0 Å². The van der Waals surface area contributed by atoms with Crippen molar-refractivity contribution in [2.45, 2.75) is 6.61 Å². The predicted octanol–water partition coefficient (Wildman–Crippen LogP) is 6.99. The first-order valence-electron chi connectivity index (χ1n) is 8.81. The summed E-state index contributed by atoms with van der Waals surface area (Å²) < 4.78 is 7.47. The Kier molecular flexibility index (Phi) is 7.69. The highest BCUT2D eigenvalue weighted by atomic mass is 79.9. The van der Waals surface area contributed by atoms with Gasteiger partial charge < -0.3 is 10.1 Å². The first-order valence-corrected chi connectivity index (χ1v) is 10.8. The molecule has 30 heavy (non-hydrogen) atoms. The van der Waals surface area contributed by atoms with E-state index in [-0.39, 0.29) is 5.57 Å². The molecule has 0 atom stereocenters. The maximum atomic E-state index is 12.6. The third kappa shape index (κ3) is 5.73. The quantitative estimate of drug-likeness (QED) is 0.268. The molecule has 0 radical (unpaired) electrons. The molecule has 150 valence electrons. The van der Waals surface area contributed by atoms with E-state index < -0.39 is 5.91 Å². The van der Waals surface area contributed by atoms with Gasteiger partial charge in [-0.15, -0.1) is 0 Å². The van der Waals surface area contributed by atoms with Crippen molar-refractivity contribution in [2.75, 3.05) is 5.32 Å². The highest BCUT2D eigenvalue weighted by Crippen LogP contribution is 2.35. The van der Waals surface area contributed by atoms with E-state index in [1.807, 2.05) is 42.5 Å².